The number of aromatic nitrogens is 1. The fourth-order valence-electron chi connectivity index (χ4n) is 1.73. The van der Waals surface area contributed by atoms with Crippen LogP contribution >= 0.6 is 0 Å². The number of carbonyl (C=O) groups is 1. The largest absolute Gasteiger partial charge is 0.360 e. The number of anilines is 1. The maximum absolute atomic E-state index is 11.7. The van der Waals surface area contributed by atoms with E-state index in [-0.39, 0.29) is 12.5 Å². The van der Waals surface area contributed by atoms with Gasteiger partial charge in [-0.15, -0.1) is 0 Å². The quantitative estimate of drug-likeness (QED) is 0.862. The molecule has 0 aliphatic carbocycles. The van der Waals surface area contributed by atoms with Crippen molar-refractivity contribution in [3.05, 3.63) is 47.3 Å². The van der Waals surface area contributed by atoms with Gasteiger partial charge in [0.15, 0.2) is 5.76 Å². The number of hydrogen-bond donors (Lipinski definition) is 2. The molecule has 0 unspecified atom stereocenters. The summed E-state index contributed by atoms with van der Waals surface area (Å²) in [4.78, 5) is 11.7. The van der Waals surface area contributed by atoms with Crippen molar-refractivity contribution in [1.82, 2.24) is 10.5 Å². The van der Waals surface area contributed by atoms with Gasteiger partial charge in [0, 0.05) is 11.8 Å². The van der Waals surface area contributed by atoms with Crippen LogP contribution in [-0.2, 0) is 11.3 Å². The van der Waals surface area contributed by atoms with E-state index in [2.05, 4.69) is 15.8 Å². The maximum atomic E-state index is 11.7. The number of aryl methyl sites for hydroxylation is 2. The summed E-state index contributed by atoms with van der Waals surface area (Å²) in [5.41, 5.74) is 2.76. The van der Waals surface area contributed by atoms with Gasteiger partial charge in [0.2, 0.25) is 5.91 Å². The average molecular weight is 259 g/mol. The van der Waals surface area contributed by atoms with Gasteiger partial charge in [-0.3, -0.25) is 4.79 Å². The fraction of sp³-hybridized carbons (Fsp3) is 0.286. The van der Waals surface area contributed by atoms with E-state index < -0.39 is 0 Å². The lowest BCUT2D eigenvalue weighted by Crippen LogP contribution is -2.27. The highest BCUT2D eigenvalue weighted by molar-refractivity contribution is 5.92. The lowest BCUT2D eigenvalue weighted by Gasteiger charge is -2.06. The van der Waals surface area contributed by atoms with E-state index in [1.807, 2.05) is 44.2 Å². The SMILES string of the molecule is Cc1cccc(NC(=O)CNCc2cc(C)no2)c1. The van der Waals surface area contributed by atoms with Gasteiger partial charge in [-0.1, -0.05) is 17.3 Å². The normalized spacial score (nSPS) is 10.4. The van der Waals surface area contributed by atoms with E-state index in [0.717, 1.165) is 22.7 Å². The van der Waals surface area contributed by atoms with Crippen LogP contribution in [0.5, 0.6) is 0 Å². The second-order valence-electron chi connectivity index (χ2n) is 4.46. The third-order valence-electron chi connectivity index (χ3n) is 2.56. The Hall–Kier alpha value is -2.14. The maximum Gasteiger partial charge on any atom is 0.238 e. The van der Waals surface area contributed by atoms with E-state index in [1.54, 1.807) is 0 Å². The molecule has 0 radical (unpaired) electrons. The summed E-state index contributed by atoms with van der Waals surface area (Å²) in [6, 6.07) is 9.53. The molecule has 19 heavy (non-hydrogen) atoms. The van der Waals surface area contributed by atoms with Gasteiger partial charge in [0.05, 0.1) is 18.8 Å². The van der Waals surface area contributed by atoms with Gasteiger partial charge in [0.1, 0.15) is 0 Å². The Morgan fingerprint density at radius 3 is 2.84 bits per heavy atom. The van der Waals surface area contributed by atoms with Crippen molar-refractivity contribution in [3.63, 3.8) is 0 Å². The third kappa shape index (κ3) is 4.22. The molecule has 2 aromatic rings. The van der Waals surface area contributed by atoms with E-state index in [0.29, 0.717) is 6.54 Å². The predicted molar refractivity (Wildman–Crippen MR) is 72.8 cm³/mol. The number of benzene rings is 1. The summed E-state index contributed by atoms with van der Waals surface area (Å²) in [7, 11) is 0. The molecule has 0 aliphatic rings. The van der Waals surface area contributed by atoms with Crippen LogP contribution < -0.4 is 10.6 Å². The van der Waals surface area contributed by atoms with Crippen LogP contribution in [0, 0.1) is 13.8 Å². The number of hydrogen-bond acceptors (Lipinski definition) is 4. The first-order valence-electron chi connectivity index (χ1n) is 6.13. The van der Waals surface area contributed by atoms with Gasteiger partial charge in [0.25, 0.3) is 0 Å². The Bertz CT molecular complexity index is 563. The van der Waals surface area contributed by atoms with Crippen LogP contribution in [0.25, 0.3) is 0 Å². The van der Waals surface area contributed by atoms with Crippen LogP contribution in [-0.4, -0.2) is 17.6 Å². The molecule has 0 bridgehead atoms. The van der Waals surface area contributed by atoms with Crippen molar-refractivity contribution in [2.45, 2.75) is 20.4 Å². The van der Waals surface area contributed by atoms with Crippen molar-refractivity contribution in [1.29, 1.82) is 0 Å². The van der Waals surface area contributed by atoms with E-state index >= 15 is 0 Å². The Labute approximate surface area is 112 Å². The summed E-state index contributed by atoms with van der Waals surface area (Å²) in [6.07, 6.45) is 0. The van der Waals surface area contributed by atoms with Crippen molar-refractivity contribution in [3.8, 4) is 0 Å². The predicted octanol–water partition coefficient (Wildman–Crippen LogP) is 2.02. The molecule has 1 aromatic heterocycles. The van der Waals surface area contributed by atoms with Gasteiger partial charge in [-0.2, -0.15) is 0 Å². The molecule has 2 rings (SSSR count). The molecule has 1 aromatic carbocycles. The standard InChI is InChI=1S/C14H17N3O2/c1-10-4-3-5-12(6-10)16-14(18)9-15-8-13-7-11(2)17-19-13/h3-7,15H,8-9H2,1-2H3,(H,16,18). The smallest absolute Gasteiger partial charge is 0.238 e. The van der Waals surface area contributed by atoms with Crippen LogP contribution in [0.2, 0.25) is 0 Å². The van der Waals surface area contributed by atoms with Crippen LogP contribution in [0.4, 0.5) is 5.69 Å². The molecule has 0 saturated carbocycles. The first-order valence-corrected chi connectivity index (χ1v) is 6.13. The minimum atomic E-state index is -0.0816. The molecule has 0 atom stereocenters. The summed E-state index contributed by atoms with van der Waals surface area (Å²) in [5.74, 6) is 0.641. The van der Waals surface area contributed by atoms with Gasteiger partial charge in [-0.25, -0.2) is 0 Å². The van der Waals surface area contributed by atoms with E-state index in [1.165, 1.54) is 0 Å². The Kier molecular flexibility index (Phi) is 4.30. The van der Waals surface area contributed by atoms with Crippen molar-refractivity contribution in [2.75, 3.05) is 11.9 Å². The molecule has 0 fully saturated rings. The Morgan fingerprint density at radius 2 is 2.16 bits per heavy atom. The summed E-state index contributed by atoms with van der Waals surface area (Å²) in [6.45, 7) is 4.56. The lowest BCUT2D eigenvalue weighted by molar-refractivity contribution is -0.115. The molecule has 0 spiro atoms. The van der Waals surface area contributed by atoms with Crippen LogP contribution in [0.3, 0.4) is 0 Å². The average Bonchev–Trinajstić information content (AvgIpc) is 2.75. The highest BCUT2D eigenvalue weighted by Gasteiger charge is 2.04. The zero-order valence-electron chi connectivity index (χ0n) is 11.1. The number of carbonyl (C=O) groups excluding carboxylic acids is 1. The number of nitrogens with one attached hydrogen (secondary N) is 2. The minimum Gasteiger partial charge on any atom is -0.360 e. The van der Waals surface area contributed by atoms with E-state index in [4.69, 9.17) is 4.52 Å². The Balaban J connectivity index is 1.76. The first kappa shape index (κ1) is 13.3. The monoisotopic (exact) mass is 259 g/mol. The number of amides is 1. The molecule has 5 nitrogen and oxygen atoms in total. The Morgan fingerprint density at radius 1 is 1.32 bits per heavy atom. The van der Waals surface area contributed by atoms with E-state index in [9.17, 15) is 4.79 Å². The zero-order valence-corrected chi connectivity index (χ0v) is 11.1. The number of nitrogens with zero attached hydrogens (tertiary/aromatic N) is 1. The zero-order chi connectivity index (χ0) is 13.7. The van der Waals surface area contributed by atoms with Crippen molar-refractivity contribution < 1.29 is 9.32 Å². The summed E-state index contributed by atoms with van der Waals surface area (Å²) < 4.78 is 5.04. The molecule has 1 amide bonds. The number of rotatable bonds is 5. The van der Waals surface area contributed by atoms with Crippen molar-refractivity contribution in [2.24, 2.45) is 0 Å². The third-order valence-corrected chi connectivity index (χ3v) is 2.56. The molecule has 100 valence electrons. The van der Waals surface area contributed by atoms with Gasteiger partial charge < -0.3 is 15.2 Å². The molecule has 0 aliphatic heterocycles. The molecule has 0 saturated heterocycles. The molecule has 1 heterocycles. The second-order valence-corrected chi connectivity index (χ2v) is 4.46. The summed E-state index contributed by atoms with van der Waals surface area (Å²) in [5, 5.41) is 9.61. The fourth-order valence-corrected chi connectivity index (χ4v) is 1.73. The topological polar surface area (TPSA) is 67.2 Å². The van der Waals surface area contributed by atoms with Gasteiger partial charge >= 0.3 is 0 Å². The minimum absolute atomic E-state index is 0.0816. The highest BCUT2D eigenvalue weighted by Crippen LogP contribution is 2.09. The van der Waals surface area contributed by atoms with Crippen LogP contribution in [0.1, 0.15) is 17.0 Å². The van der Waals surface area contributed by atoms with Crippen LogP contribution in [0.15, 0.2) is 34.9 Å². The molecule has 5 heteroatoms. The second kappa shape index (κ2) is 6.15. The van der Waals surface area contributed by atoms with Gasteiger partial charge in [-0.05, 0) is 31.5 Å². The van der Waals surface area contributed by atoms with Crippen molar-refractivity contribution >= 4 is 11.6 Å². The first-order chi connectivity index (χ1) is 9.13. The highest BCUT2D eigenvalue weighted by atomic mass is 16.5. The lowest BCUT2D eigenvalue weighted by atomic mass is 10.2. The summed E-state index contributed by atoms with van der Waals surface area (Å²) >= 11 is 0. The molecular weight excluding hydrogens is 242 g/mol. The molecular formula is C14H17N3O2. The molecule has 2 N–H and O–H groups in total.